The van der Waals surface area contributed by atoms with Crippen molar-refractivity contribution in [1.82, 2.24) is 5.32 Å². The molecule has 8 nitrogen and oxygen atoms in total. The van der Waals surface area contributed by atoms with Gasteiger partial charge in [0.2, 0.25) is 5.91 Å². The first kappa shape index (κ1) is 24.3. The van der Waals surface area contributed by atoms with E-state index in [9.17, 15) is 19.5 Å². The Morgan fingerprint density at radius 2 is 1.64 bits per heavy atom. The molecule has 1 saturated carbocycles. The topological polar surface area (TPSA) is 125 Å². The monoisotopic (exact) mass is 454 g/mol. The number of aliphatic hydroxyl groups excluding tert-OH is 1. The molecule has 0 aromatic heterocycles. The maximum Gasteiger partial charge on any atom is 0.328 e. The summed E-state index contributed by atoms with van der Waals surface area (Å²) in [7, 11) is 0. The van der Waals surface area contributed by atoms with Crippen LogP contribution in [0, 0.1) is 13.8 Å². The molecule has 0 bridgehead atoms. The minimum atomic E-state index is -1.38. The Bertz CT molecular complexity index is 992. The lowest BCUT2D eigenvalue weighted by Gasteiger charge is -2.30. The Morgan fingerprint density at radius 3 is 2.18 bits per heavy atom. The average molecular weight is 455 g/mol. The number of carbonyl (C=O) groups is 3. The largest absolute Gasteiger partial charge is 0.480 e. The Hall–Kier alpha value is -3.39. The number of aliphatic carboxylic acids is 1. The molecule has 0 radical (unpaired) electrons. The molecule has 176 valence electrons. The van der Waals surface area contributed by atoms with Crippen molar-refractivity contribution in [2.45, 2.75) is 57.6 Å². The minimum Gasteiger partial charge on any atom is -0.480 e. The van der Waals surface area contributed by atoms with Crippen LogP contribution in [-0.2, 0) is 20.8 Å². The third kappa shape index (κ3) is 6.32. The van der Waals surface area contributed by atoms with Crippen molar-refractivity contribution in [3.05, 3.63) is 59.2 Å². The van der Waals surface area contributed by atoms with Gasteiger partial charge in [0, 0.05) is 5.69 Å². The first-order valence-corrected chi connectivity index (χ1v) is 11.0. The molecular formula is C25H30N2O6. The average Bonchev–Trinajstić information content (AvgIpc) is 3.22. The molecule has 2 amide bonds. The van der Waals surface area contributed by atoms with Gasteiger partial charge in [-0.15, -0.1) is 0 Å². The number of hydrogen-bond acceptors (Lipinski definition) is 5. The zero-order valence-corrected chi connectivity index (χ0v) is 18.9. The summed E-state index contributed by atoms with van der Waals surface area (Å²) in [6.45, 7) is 3.25. The van der Waals surface area contributed by atoms with Gasteiger partial charge in [0.1, 0.15) is 11.8 Å². The predicted molar refractivity (Wildman–Crippen MR) is 123 cm³/mol. The van der Waals surface area contributed by atoms with E-state index in [1.807, 2.05) is 32.0 Å². The van der Waals surface area contributed by atoms with Crippen LogP contribution in [0.25, 0.3) is 0 Å². The molecule has 1 fully saturated rings. The van der Waals surface area contributed by atoms with E-state index in [1.54, 1.807) is 24.3 Å². The third-order valence-electron chi connectivity index (χ3n) is 5.72. The normalized spacial score (nSPS) is 15.5. The molecule has 0 aliphatic heterocycles. The summed E-state index contributed by atoms with van der Waals surface area (Å²) < 4.78 is 6.04. The lowest BCUT2D eigenvalue weighted by Crippen LogP contribution is -2.55. The molecule has 0 saturated heterocycles. The molecular weight excluding hydrogens is 424 g/mol. The SMILES string of the molecule is Cc1cc(C)cc(NC(=O)Cc2ccc(OC3(C(=O)N[C@@H](CO)C(=O)O)CCCC3)cc2)c1. The summed E-state index contributed by atoms with van der Waals surface area (Å²) >= 11 is 0. The molecule has 1 atom stereocenters. The van der Waals surface area contributed by atoms with Gasteiger partial charge in [0.05, 0.1) is 13.0 Å². The highest BCUT2D eigenvalue weighted by molar-refractivity contribution is 5.92. The standard InChI is InChI=1S/C25H30N2O6/c1-16-11-17(2)13-19(12-16)26-22(29)14-18-5-7-20(8-6-18)33-25(9-3-4-10-25)24(32)27-21(15-28)23(30)31/h5-8,11-13,21,28H,3-4,9-10,14-15H2,1-2H3,(H,26,29)(H,27,32)(H,30,31)/t21-/m0/s1. The number of aliphatic hydroxyl groups is 1. The molecule has 33 heavy (non-hydrogen) atoms. The number of ether oxygens (including phenoxy) is 1. The highest BCUT2D eigenvalue weighted by Gasteiger charge is 2.44. The van der Waals surface area contributed by atoms with E-state index in [-0.39, 0.29) is 12.3 Å². The van der Waals surface area contributed by atoms with Gasteiger partial charge in [-0.2, -0.15) is 0 Å². The van der Waals surface area contributed by atoms with Crippen molar-refractivity contribution in [3.8, 4) is 5.75 Å². The Kier molecular flexibility index (Phi) is 7.71. The molecule has 2 aromatic rings. The fourth-order valence-corrected chi connectivity index (χ4v) is 4.14. The van der Waals surface area contributed by atoms with Gasteiger partial charge in [0.25, 0.3) is 5.91 Å². The predicted octanol–water partition coefficient (Wildman–Crippen LogP) is 2.74. The first-order valence-electron chi connectivity index (χ1n) is 11.0. The third-order valence-corrected chi connectivity index (χ3v) is 5.72. The number of aryl methyl sites for hydroxylation is 2. The van der Waals surface area contributed by atoms with Crippen molar-refractivity contribution in [3.63, 3.8) is 0 Å². The van der Waals surface area contributed by atoms with Crippen molar-refractivity contribution in [2.75, 3.05) is 11.9 Å². The Morgan fingerprint density at radius 1 is 1.03 bits per heavy atom. The number of nitrogens with one attached hydrogen (secondary N) is 2. The highest BCUT2D eigenvalue weighted by Crippen LogP contribution is 2.35. The molecule has 1 aliphatic rings. The van der Waals surface area contributed by atoms with Crippen LogP contribution < -0.4 is 15.4 Å². The Balaban J connectivity index is 1.64. The second-order valence-corrected chi connectivity index (χ2v) is 8.60. The molecule has 1 aliphatic carbocycles. The van der Waals surface area contributed by atoms with E-state index in [0.29, 0.717) is 18.6 Å². The smallest absolute Gasteiger partial charge is 0.328 e. The van der Waals surface area contributed by atoms with Crippen LogP contribution >= 0.6 is 0 Å². The maximum atomic E-state index is 12.8. The van der Waals surface area contributed by atoms with Gasteiger partial charge in [-0.3, -0.25) is 9.59 Å². The summed E-state index contributed by atoms with van der Waals surface area (Å²) in [4.78, 5) is 36.4. The van der Waals surface area contributed by atoms with Gasteiger partial charge in [0.15, 0.2) is 5.60 Å². The van der Waals surface area contributed by atoms with Crippen LogP contribution in [-0.4, -0.2) is 46.2 Å². The van der Waals surface area contributed by atoms with Gasteiger partial charge in [-0.1, -0.05) is 18.2 Å². The number of carboxylic acids is 1. The van der Waals surface area contributed by atoms with E-state index in [4.69, 9.17) is 9.84 Å². The van der Waals surface area contributed by atoms with Crippen LogP contribution in [0.3, 0.4) is 0 Å². The van der Waals surface area contributed by atoms with E-state index in [2.05, 4.69) is 10.6 Å². The number of carbonyl (C=O) groups excluding carboxylic acids is 2. The lowest BCUT2D eigenvalue weighted by molar-refractivity contribution is -0.147. The Labute approximate surface area is 193 Å². The second-order valence-electron chi connectivity index (χ2n) is 8.60. The van der Waals surface area contributed by atoms with Crippen LogP contribution in [0.2, 0.25) is 0 Å². The molecule has 8 heteroatoms. The van der Waals surface area contributed by atoms with Gasteiger partial charge in [-0.25, -0.2) is 4.79 Å². The zero-order chi connectivity index (χ0) is 24.0. The molecule has 0 spiro atoms. The van der Waals surface area contributed by atoms with Crippen LogP contribution in [0.5, 0.6) is 5.75 Å². The number of rotatable bonds is 9. The van der Waals surface area contributed by atoms with E-state index >= 15 is 0 Å². The van der Waals surface area contributed by atoms with E-state index in [1.165, 1.54) is 0 Å². The van der Waals surface area contributed by atoms with Crippen LogP contribution in [0.4, 0.5) is 5.69 Å². The number of hydrogen-bond donors (Lipinski definition) is 4. The van der Waals surface area contributed by atoms with Crippen molar-refractivity contribution in [1.29, 1.82) is 0 Å². The number of amides is 2. The van der Waals surface area contributed by atoms with Crippen molar-refractivity contribution >= 4 is 23.5 Å². The summed E-state index contributed by atoms with van der Waals surface area (Å²) in [5, 5.41) is 23.6. The number of anilines is 1. The fraction of sp³-hybridized carbons (Fsp3) is 0.400. The van der Waals surface area contributed by atoms with E-state index < -0.39 is 30.1 Å². The van der Waals surface area contributed by atoms with Crippen LogP contribution in [0.15, 0.2) is 42.5 Å². The van der Waals surface area contributed by atoms with Crippen molar-refractivity contribution in [2.24, 2.45) is 0 Å². The zero-order valence-electron chi connectivity index (χ0n) is 18.9. The molecule has 4 N–H and O–H groups in total. The number of carboxylic acid groups (broad SMARTS) is 1. The maximum absolute atomic E-state index is 12.8. The molecule has 0 heterocycles. The molecule has 2 aromatic carbocycles. The lowest BCUT2D eigenvalue weighted by atomic mass is 10.00. The van der Waals surface area contributed by atoms with Gasteiger partial charge in [-0.05, 0) is 80.5 Å². The number of benzene rings is 2. The summed E-state index contributed by atoms with van der Waals surface area (Å²) in [5.74, 6) is -1.52. The summed E-state index contributed by atoms with van der Waals surface area (Å²) in [5.41, 5.74) is 2.52. The summed E-state index contributed by atoms with van der Waals surface area (Å²) in [6, 6.07) is 11.4. The van der Waals surface area contributed by atoms with Gasteiger partial charge >= 0.3 is 5.97 Å². The molecule has 3 rings (SSSR count). The minimum absolute atomic E-state index is 0.135. The van der Waals surface area contributed by atoms with Crippen LogP contribution in [0.1, 0.15) is 42.4 Å². The fourth-order valence-electron chi connectivity index (χ4n) is 4.14. The highest BCUT2D eigenvalue weighted by atomic mass is 16.5. The quantitative estimate of drug-likeness (QED) is 0.462. The van der Waals surface area contributed by atoms with E-state index in [0.717, 1.165) is 35.2 Å². The van der Waals surface area contributed by atoms with Gasteiger partial charge < -0.3 is 25.6 Å². The van der Waals surface area contributed by atoms with Crippen molar-refractivity contribution < 1.29 is 29.3 Å². The first-order chi connectivity index (χ1) is 15.7. The molecule has 0 unspecified atom stereocenters. The second kappa shape index (κ2) is 10.5. The summed E-state index contributed by atoms with van der Waals surface area (Å²) in [6.07, 6.45) is 2.66.